The summed E-state index contributed by atoms with van der Waals surface area (Å²) in [7, 11) is 0. The van der Waals surface area contributed by atoms with Crippen LogP contribution in [0.3, 0.4) is 0 Å². The third-order valence-electron chi connectivity index (χ3n) is 4.84. The fourth-order valence-electron chi connectivity index (χ4n) is 3.24. The van der Waals surface area contributed by atoms with Gasteiger partial charge in [0.15, 0.2) is 33.1 Å². The van der Waals surface area contributed by atoms with Crippen LogP contribution in [0.25, 0.3) is 11.2 Å². The van der Waals surface area contributed by atoms with Gasteiger partial charge in [-0.3, -0.25) is 9.36 Å². The van der Waals surface area contributed by atoms with Crippen molar-refractivity contribution in [3.05, 3.63) is 10.2 Å². The largest absolute Gasteiger partial charge is 0.387 e. The first-order valence-electron chi connectivity index (χ1n) is 9.37. The van der Waals surface area contributed by atoms with Gasteiger partial charge in [-0.25, -0.2) is 15.0 Å². The van der Waals surface area contributed by atoms with E-state index < -0.39 is 30.4 Å². The van der Waals surface area contributed by atoms with Crippen molar-refractivity contribution in [3.63, 3.8) is 0 Å². The minimum atomic E-state index is -1.35. The zero-order chi connectivity index (χ0) is 20.4. The number of aliphatic hydroxyl groups is 2. The molecular formula is C17H25IN6O4. The number of ether oxygens (including phenoxy) is 1. The van der Waals surface area contributed by atoms with E-state index in [2.05, 4.69) is 39.4 Å². The number of carbonyl (C=O) groups excluding carboxylic acids is 1. The monoisotopic (exact) mass is 504 g/mol. The van der Waals surface area contributed by atoms with Crippen molar-refractivity contribution in [2.24, 2.45) is 0 Å². The minimum Gasteiger partial charge on any atom is -0.387 e. The number of aliphatic hydroxyl groups excluding tert-OH is 2. The van der Waals surface area contributed by atoms with E-state index in [1.807, 2.05) is 22.6 Å². The van der Waals surface area contributed by atoms with Crippen LogP contribution in [0.2, 0.25) is 0 Å². The van der Waals surface area contributed by atoms with E-state index in [0.29, 0.717) is 27.4 Å². The first kappa shape index (κ1) is 21.1. The molecule has 28 heavy (non-hydrogen) atoms. The van der Waals surface area contributed by atoms with Gasteiger partial charge in [0.2, 0.25) is 0 Å². The van der Waals surface area contributed by atoms with Crippen LogP contribution < -0.4 is 10.6 Å². The van der Waals surface area contributed by atoms with E-state index >= 15 is 0 Å². The maximum atomic E-state index is 12.1. The Morgan fingerprint density at radius 1 is 1.29 bits per heavy atom. The molecule has 4 atom stereocenters. The predicted molar refractivity (Wildman–Crippen MR) is 111 cm³/mol. The Balaban J connectivity index is 1.96. The zero-order valence-corrected chi connectivity index (χ0v) is 18.1. The molecule has 10 nitrogen and oxygen atoms in total. The lowest BCUT2D eigenvalue weighted by atomic mass is 10.1. The summed E-state index contributed by atoms with van der Waals surface area (Å²) in [5, 5.41) is 26.7. The lowest BCUT2D eigenvalue weighted by molar-refractivity contribution is -0.137. The topological polar surface area (TPSA) is 134 Å². The number of nitrogens with one attached hydrogen (secondary N) is 2. The Labute approximate surface area is 176 Å². The molecule has 4 N–H and O–H groups in total. The van der Waals surface area contributed by atoms with Crippen LogP contribution in [0.4, 0.5) is 5.82 Å². The second-order valence-electron chi connectivity index (χ2n) is 6.65. The van der Waals surface area contributed by atoms with Gasteiger partial charge in [0.1, 0.15) is 12.2 Å². The number of aromatic nitrogens is 4. The molecule has 1 saturated heterocycles. The summed E-state index contributed by atoms with van der Waals surface area (Å²) in [5.41, 5.74) is 1.000. The molecule has 2 aromatic heterocycles. The van der Waals surface area contributed by atoms with Gasteiger partial charge in [0.05, 0.1) is 6.33 Å². The maximum Gasteiger partial charge on any atom is 0.252 e. The van der Waals surface area contributed by atoms with E-state index in [-0.39, 0.29) is 6.04 Å². The van der Waals surface area contributed by atoms with Crippen LogP contribution in [-0.4, -0.2) is 66.5 Å². The van der Waals surface area contributed by atoms with Crippen LogP contribution in [0.15, 0.2) is 6.33 Å². The minimum absolute atomic E-state index is 0.247. The summed E-state index contributed by atoms with van der Waals surface area (Å²) < 4.78 is 7.72. The van der Waals surface area contributed by atoms with Crippen molar-refractivity contribution in [1.82, 2.24) is 24.8 Å². The van der Waals surface area contributed by atoms with Crippen molar-refractivity contribution in [1.29, 1.82) is 0 Å². The molecule has 1 amide bonds. The van der Waals surface area contributed by atoms with Crippen LogP contribution in [-0.2, 0) is 9.53 Å². The molecule has 11 heteroatoms. The van der Waals surface area contributed by atoms with Gasteiger partial charge in [-0.05, 0) is 19.8 Å². The molecule has 0 aromatic carbocycles. The molecule has 154 valence electrons. The van der Waals surface area contributed by atoms with Crippen LogP contribution in [0.1, 0.15) is 39.8 Å². The van der Waals surface area contributed by atoms with Gasteiger partial charge < -0.3 is 25.6 Å². The fourth-order valence-corrected chi connectivity index (χ4v) is 3.71. The summed E-state index contributed by atoms with van der Waals surface area (Å²) in [5.74, 6) is 0.136. The molecular weight excluding hydrogens is 479 g/mol. The number of imidazole rings is 1. The number of likely N-dealkylation sites (N-methyl/N-ethyl adjacent to an activating group) is 1. The van der Waals surface area contributed by atoms with Gasteiger partial charge in [-0.15, -0.1) is 0 Å². The quantitative estimate of drug-likeness (QED) is 0.321. The Morgan fingerprint density at radius 3 is 2.64 bits per heavy atom. The number of fused-ring (bicyclic) bond motifs is 1. The number of rotatable bonds is 7. The Bertz CT molecular complexity index is 842. The summed E-state index contributed by atoms with van der Waals surface area (Å²) in [6.45, 7) is 6.35. The average molecular weight is 504 g/mol. The molecule has 3 rings (SSSR count). The summed E-state index contributed by atoms with van der Waals surface area (Å²) >= 11 is 2.02. The molecule has 2 aromatic rings. The second-order valence-corrected chi connectivity index (χ2v) is 7.61. The van der Waals surface area contributed by atoms with E-state index in [9.17, 15) is 15.0 Å². The van der Waals surface area contributed by atoms with Crippen LogP contribution >= 0.6 is 22.6 Å². The molecule has 0 radical (unpaired) electrons. The van der Waals surface area contributed by atoms with Crippen molar-refractivity contribution >= 4 is 45.5 Å². The lowest BCUT2D eigenvalue weighted by Gasteiger charge is -2.18. The maximum absolute atomic E-state index is 12.1. The Kier molecular flexibility index (Phi) is 6.68. The van der Waals surface area contributed by atoms with Crippen molar-refractivity contribution < 1.29 is 19.7 Å². The molecule has 0 bridgehead atoms. The highest BCUT2D eigenvalue weighted by atomic mass is 127. The van der Waals surface area contributed by atoms with Crippen molar-refractivity contribution in [3.8, 4) is 0 Å². The highest BCUT2D eigenvalue weighted by Gasteiger charge is 2.47. The lowest BCUT2D eigenvalue weighted by Crippen LogP contribution is -2.42. The third-order valence-corrected chi connectivity index (χ3v) is 5.32. The van der Waals surface area contributed by atoms with Gasteiger partial charge >= 0.3 is 0 Å². The third kappa shape index (κ3) is 3.93. The standard InChI is InChI=1S/C17H25IN6O4/c1-4-8(5-2)21-13-9-14(23-17(18)22-13)24(7-20-9)16-11(26)10(25)12(28-16)15(27)19-6-3/h7-8,10-12,16,25-26H,4-6H2,1-3H3,(H,19,27)(H,21,22,23)/t10-,11+,12-,16+/m0/s1. The number of amides is 1. The van der Waals surface area contributed by atoms with Gasteiger partial charge in [0, 0.05) is 35.2 Å². The molecule has 1 aliphatic heterocycles. The SMILES string of the molecule is CCNC(=O)[C@H]1O[C@@H](n2cnc3c(NC(CC)CC)nc(I)nc32)[C@H](O)[C@@H]1O. The average Bonchev–Trinajstić information content (AvgIpc) is 3.21. The Hall–Kier alpha value is -1.57. The molecule has 0 spiro atoms. The van der Waals surface area contributed by atoms with E-state index in [1.165, 1.54) is 10.9 Å². The highest BCUT2D eigenvalue weighted by molar-refractivity contribution is 14.1. The van der Waals surface area contributed by atoms with Crippen LogP contribution in [0, 0.1) is 3.83 Å². The number of nitrogens with zero attached hydrogens (tertiary/aromatic N) is 4. The van der Waals surface area contributed by atoms with Gasteiger partial charge in [-0.2, -0.15) is 0 Å². The zero-order valence-electron chi connectivity index (χ0n) is 16.0. The molecule has 0 aliphatic carbocycles. The molecule has 0 unspecified atom stereocenters. The number of hydrogen-bond donors (Lipinski definition) is 4. The predicted octanol–water partition coefficient (Wildman–Crippen LogP) is 0.787. The number of carbonyl (C=O) groups is 1. The highest BCUT2D eigenvalue weighted by Crippen LogP contribution is 2.33. The van der Waals surface area contributed by atoms with Crippen molar-refractivity contribution in [2.45, 2.75) is 64.2 Å². The van der Waals surface area contributed by atoms with E-state index in [4.69, 9.17) is 4.74 Å². The smallest absolute Gasteiger partial charge is 0.252 e. The summed E-state index contributed by atoms with van der Waals surface area (Å²) in [6, 6.07) is 0.247. The van der Waals surface area contributed by atoms with Crippen molar-refractivity contribution in [2.75, 3.05) is 11.9 Å². The summed E-state index contributed by atoms with van der Waals surface area (Å²) in [6.07, 6.45) is -1.45. The molecule has 3 heterocycles. The van der Waals surface area contributed by atoms with Crippen LogP contribution in [0.5, 0.6) is 0 Å². The molecule has 0 saturated carbocycles. The van der Waals surface area contributed by atoms with E-state index in [0.717, 1.165) is 12.8 Å². The number of halogens is 1. The first-order chi connectivity index (χ1) is 13.4. The van der Waals surface area contributed by atoms with Gasteiger partial charge in [0.25, 0.3) is 5.91 Å². The number of anilines is 1. The molecule has 1 fully saturated rings. The fraction of sp³-hybridized carbons (Fsp3) is 0.647. The first-order valence-corrected chi connectivity index (χ1v) is 10.4. The number of hydrogen-bond acceptors (Lipinski definition) is 8. The van der Waals surface area contributed by atoms with Gasteiger partial charge in [-0.1, -0.05) is 13.8 Å². The van der Waals surface area contributed by atoms with E-state index in [1.54, 1.807) is 6.92 Å². The normalized spacial score (nSPS) is 24.8. The molecule has 1 aliphatic rings. The summed E-state index contributed by atoms with van der Waals surface area (Å²) in [4.78, 5) is 25.4. The Morgan fingerprint density at radius 2 is 2.00 bits per heavy atom. The second kappa shape index (κ2) is 8.84.